The van der Waals surface area contributed by atoms with Crippen LogP contribution in [0.2, 0.25) is 10.0 Å². The number of pyridine rings is 1. The molecule has 3 aromatic rings. The standard InChI is InChI=1S/C18H13Cl2N3O/c19-14-7-4-8-15(20)17(14)23-16-10-9-12(11-21-16)18(24)22-13-5-2-1-3-6-13/h1-11H,(H,21,23)(H,22,24). The summed E-state index contributed by atoms with van der Waals surface area (Å²) in [7, 11) is 0. The van der Waals surface area contributed by atoms with Gasteiger partial charge in [-0.2, -0.15) is 0 Å². The van der Waals surface area contributed by atoms with Gasteiger partial charge in [0.05, 0.1) is 21.3 Å². The van der Waals surface area contributed by atoms with Crippen molar-refractivity contribution >= 4 is 46.3 Å². The Labute approximate surface area is 149 Å². The number of amides is 1. The average molecular weight is 358 g/mol. The Hall–Kier alpha value is -2.56. The van der Waals surface area contributed by atoms with Gasteiger partial charge in [0.25, 0.3) is 5.91 Å². The van der Waals surface area contributed by atoms with Crippen molar-refractivity contribution in [3.05, 3.63) is 82.5 Å². The van der Waals surface area contributed by atoms with Crippen molar-refractivity contribution < 1.29 is 4.79 Å². The summed E-state index contributed by atoms with van der Waals surface area (Å²) in [5, 5.41) is 6.84. The number of nitrogens with one attached hydrogen (secondary N) is 2. The first-order valence-electron chi connectivity index (χ1n) is 7.17. The van der Waals surface area contributed by atoms with E-state index in [4.69, 9.17) is 23.2 Å². The van der Waals surface area contributed by atoms with Gasteiger partial charge in [-0.1, -0.05) is 47.5 Å². The number of hydrogen-bond donors (Lipinski definition) is 2. The van der Waals surface area contributed by atoms with Gasteiger partial charge in [-0.05, 0) is 36.4 Å². The second-order valence-corrected chi connectivity index (χ2v) is 5.79. The lowest BCUT2D eigenvalue weighted by Gasteiger charge is -2.10. The Kier molecular flexibility index (Phi) is 4.99. The average Bonchev–Trinajstić information content (AvgIpc) is 2.60. The largest absolute Gasteiger partial charge is 0.338 e. The quantitative estimate of drug-likeness (QED) is 0.658. The lowest BCUT2D eigenvalue weighted by Crippen LogP contribution is -2.12. The van der Waals surface area contributed by atoms with E-state index >= 15 is 0 Å². The number of carbonyl (C=O) groups excluding carboxylic acids is 1. The summed E-state index contributed by atoms with van der Waals surface area (Å²) in [5.41, 5.74) is 1.76. The molecule has 0 spiro atoms. The minimum Gasteiger partial charge on any atom is -0.338 e. The van der Waals surface area contributed by atoms with Gasteiger partial charge in [0.15, 0.2) is 0 Å². The number of rotatable bonds is 4. The van der Waals surface area contributed by atoms with Crippen molar-refractivity contribution in [2.75, 3.05) is 10.6 Å². The molecule has 1 heterocycles. The normalized spacial score (nSPS) is 10.2. The molecule has 4 nitrogen and oxygen atoms in total. The SMILES string of the molecule is O=C(Nc1ccccc1)c1ccc(Nc2c(Cl)cccc2Cl)nc1. The van der Waals surface area contributed by atoms with Gasteiger partial charge in [0.1, 0.15) is 5.82 Å². The topological polar surface area (TPSA) is 54.0 Å². The molecule has 0 aliphatic carbocycles. The molecule has 3 rings (SSSR count). The molecule has 0 bridgehead atoms. The van der Waals surface area contributed by atoms with Crippen LogP contribution in [0.5, 0.6) is 0 Å². The van der Waals surface area contributed by atoms with Crippen molar-refractivity contribution in [1.29, 1.82) is 0 Å². The highest BCUT2D eigenvalue weighted by molar-refractivity contribution is 6.39. The predicted octanol–water partition coefficient (Wildman–Crippen LogP) is 5.38. The van der Waals surface area contributed by atoms with Gasteiger partial charge < -0.3 is 10.6 Å². The third kappa shape index (κ3) is 3.85. The molecule has 0 saturated heterocycles. The number of nitrogens with zero attached hydrogens (tertiary/aromatic N) is 1. The second kappa shape index (κ2) is 7.34. The maximum Gasteiger partial charge on any atom is 0.257 e. The van der Waals surface area contributed by atoms with Crippen molar-refractivity contribution in [3.63, 3.8) is 0 Å². The number of benzene rings is 2. The van der Waals surface area contributed by atoms with E-state index in [1.807, 2.05) is 30.3 Å². The maximum atomic E-state index is 12.2. The smallest absolute Gasteiger partial charge is 0.257 e. The fourth-order valence-electron chi connectivity index (χ4n) is 2.07. The van der Waals surface area contributed by atoms with Crippen molar-refractivity contribution in [2.45, 2.75) is 0 Å². The van der Waals surface area contributed by atoms with Gasteiger partial charge in [0.2, 0.25) is 0 Å². The number of halogens is 2. The lowest BCUT2D eigenvalue weighted by atomic mass is 10.2. The van der Waals surface area contributed by atoms with Crippen molar-refractivity contribution in [3.8, 4) is 0 Å². The Bertz CT molecular complexity index is 832. The summed E-state index contributed by atoms with van der Waals surface area (Å²) in [5.74, 6) is 0.317. The van der Waals surface area contributed by atoms with Crippen LogP contribution in [-0.4, -0.2) is 10.9 Å². The van der Waals surface area contributed by atoms with Crippen LogP contribution in [-0.2, 0) is 0 Å². The van der Waals surface area contributed by atoms with Crippen LogP contribution in [0.1, 0.15) is 10.4 Å². The van der Waals surface area contributed by atoms with Crippen LogP contribution in [0.25, 0.3) is 0 Å². The number of aromatic nitrogens is 1. The summed E-state index contributed by atoms with van der Waals surface area (Å²) < 4.78 is 0. The number of hydrogen-bond acceptors (Lipinski definition) is 3. The van der Waals surface area contributed by atoms with E-state index in [9.17, 15) is 4.79 Å². The fraction of sp³-hybridized carbons (Fsp3) is 0. The number of carbonyl (C=O) groups is 1. The molecule has 0 aliphatic heterocycles. The zero-order chi connectivity index (χ0) is 16.9. The van der Waals surface area contributed by atoms with Crippen LogP contribution in [0.3, 0.4) is 0 Å². The summed E-state index contributed by atoms with van der Waals surface area (Å²) in [4.78, 5) is 16.4. The molecule has 6 heteroatoms. The summed E-state index contributed by atoms with van der Waals surface area (Å²) in [6.07, 6.45) is 1.49. The molecule has 2 N–H and O–H groups in total. The Morgan fingerprint density at radius 3 is 2.21 bits per heavy atom. The van der Waals surface area contributed by atoms with Gasteiger partial charge in [-0.3, -0.25) is 4.79 Å². The molecule has 0 atom stereocenters. The zero-order valence-electron chi connectivity index (χ0n) is 12.5. The lowest BCUT2D eigenvalue weighted by molar-refractivity contribution is 0.102. The molecule has 120 valence electrons. The molecule has 0 unspecified atom stereocenters. The first kappa shape index (κ1) is 16.3. The van der Waals surface area contributed by atoms with Gasteiger partial charge >= 0.3 is 0 Å². The Morgan fingerprint density at radius 2 is 1.58 bits per heavy atom. The van der Waals surface area contributed by atoms with E-state index in [1.54, 1.807) is 30.3 Å². The monoisotopic (exact) mass is 357 g/mol. The highest BCUT2D eigenvalue weighted by Gasteiger charge is 2.09. The fourth-order valence-corrected chi connectivity index (χ4v) is 2.56. The van der Waals surface area contributed by atoms with E-state index in [0.717, 1.165) is 5.69 Å². The molecular formula is C18H13Cl2N3O. The molecule has 0 radical (unpaired) electrons. The van der Waals surface area contributed by atoms with Crippen LogP contribution in [0, 0.1) is 0 Å². The van der Waals surface area contributed by atoms with Crippen LogP contribution in [0.15, 0.2) is 66.9 Å². The molecule has 2 aromatic carbocycles. The van der Waals surface area contributed by atoms with Crippen molar-refractivity contribution in [2.24, 2.45) is 0 Å². The second-order valence-electron chi connectivity index (χ2n) is 4.97. The van der Waals surface area contributed by atoms with E-state index in [-0.39, 0.29) is 5.91 Å². The van der Waals surface area contributed by atoms with E-state index < -0.39 is 0 Å². The maximum absolute atomic E-state index is 12.2. The molecule has 1 aromatic heterocycles. The summed E-state index contributed by atoms with van der Waals surface area (Å²) >= 11 is 12.2. The molecule has 0 aliphatic rings. The number of para-hydroxylation sites is 2. The zero-order valence-corrected chi connectivity index (χ0v) is 14.0. The molecule has 0 saturated carbocycles. The van der Waals surface area contributed by atoms with Crippen molar-refractivity contribution in [1.82, 2.24) is 4.98 Å². The highest BCUT2D eigenvalue weighted by Crippen LogP contribution is 2.31. The Morgan fingerprint density at radius 1 is 0.875 bits per heavy atom. The molecule has 0 fully saturated rings. The minimum atomic E-state index is -0.226. The third-order valence-electron chi connectivity index (χ3n) is 3.27. The summed E-state index contributed by atoms with van der Waals surface area (Å²) in [6, 6.07) is 17.8. The minimum absolute atomic E-state index is 0.226. The highest BCUT2D eigenvalue weighted by atomic mass is 35.5. The van der Waals surface area contributed by atoms with Gasteiger partial charge in [-0.25, -0.2) is 4.98 Å². The van der Waals surface area contributed by atoms with Gasteiger partial charge in [0, 0.05) is 11.9 Å². The van der Waals surface area contributed by atoms with E-state index in [2.05, 4.69) is 15.6 Å². The molecular weight excluding hydrogens is 345 g/mol. The first-order chi connectivity index (χ1) is 11.6. The first-order valence-corrected chi connectivity index (χ1v) is 7.92. The van der Waals surface area contributed by atoms with Crippen LogP contribution < -0.4 is 10.6 Å². The van der Waals surface area contributed by atoms with Crippen LogP contribution >= 0.6 is 23.2 Å². The Balaban J connectivity index is 1.72. The molecule has 24 heavy (non-hydrogen) atoms. The van der Waals surface area contributed by atoms with E-state index in [0.29, 0.717) is 27.1 Å². The third-order valence-corrected chi connectivity index (χ3v) is 3.90. The van der Waals surface area contributed by atoms with Crippen LogP contribution in [0.4, 0.5) is 17.2 Å². The van der Waals surface area contributed by atoms with Gasteiger partial charge in [-0.15, -0.1) is 0 Å². The predicted molar refractivity (Wildman–Crippen MR) is 98.4 cm³/mol. The summed E-state index contributed by atoms with van der Waals surface area (Å²) in [6.45, 7) is 0. The number of anilines is 3. The molecule has 1 amide bonds. The van der Waals surface area contributed by atoms with E-state index in [1.165, 1.54) is 6.20 Å².